The molecule has 3 aromatic rings. The van der Waals surface area contributed by atoms with Gasteiger partial charge in [0.15, 0.2) is 5.82 Å². The first-order valence-electron chi connectivity index (χ1n) is 15.3. The molecule has 0 radical (unpaired) electrons. The minimum absolute atomic E-state index is 0.0241. The zero-order valence-corrected chi connectivity index (χ0v) is 26.8. The third kappa shape index (κ3) is 10.2. The van der Waals surface area contributed by atoms with Crippen LogP contribution in [-0.4, -0.2) is 64.0 Å². The van der Waals surface area contributed by atoms with Gasteiger partial charge < -0.3 is 41.0 Å². The third-order valence-electron chi connectivity index (χ3n) is 6.66. The van der Waals surface area contributed by atoms with Crippen molar-refractivity contribution < 1.29 is 19.1 Å². The van der Waals surface area contributed by atoms with Crippen LogP contribution in [0.1, 0.15) is 80.0 Å². The van der Waals surface area contributed by atoms with Crippen LogP contribution >= 0.6 is 0 Å². The molecular weight excluding hydrogens is 548 g/mol. The number of imidazole rings is 1. The number of nitrogens with two attached hydrogens (primary N) is 1. The molecule has 12 heteroatoms. The first-order chi connectivity index (χ1) is 20.4. The normalized spacial score (nSPS) is 11.8. The molecule has 0 atom stereocenters. The average Bonchev–Trinajstić information content (AvgIpc) is 3.25. The number of urea groups is 2. The standard InChI is InChI=1S/C31H50N8O4/c1-8-42-18-25-37-26-27(39(25)19-31(6,7)38-30(41)35-21(4)5)23-14-13-22(17-24(23)36-28(26)32)43-16-12-10-9-11-15-33-29(40)34-20(2)3/h13-14,17,20-21H,8-12,15-16,18-19H2,1-7H3,(H2,32,36)(H2,33,34,40)(H2,35,38,41). The lowest BCUT2D eigenvalue weighted by Crippen LogP contribution is -2.52. The Morgan fingerprint density at radius 2 is 1.70 bits per heavy atom. The average molecular weight is 599 g/mol. The molecule has 0 saturated heterocycles. The Morgan fingerprint density at radius 3 is 2.40 bits per heavy atom. The first kappa shape index (κ1) is 33.7. The van der Waals surface area contributed by atoms with Crippen molar-refractivity contribution in [1.29, 1.82) is 0 Å². The highest BCUT2D eigenvalue weighted by Crippen LogP contribution is 2.32. The van der Waals surface area contributed by atoms with Crippen LogP contribution in [0.2, 0.25) is 0 Å². The van der Waals surface area contributed by atoms with Gasteiger partial charge in [-0.2, -0.15) is 0 Å². The summed E-state index contributed by atoms with van der Waals surface area (Å²) in [6.45, 7) is 16.2. The minimum atomic E-state index is -0.600. The Morgan fingerprint density at radius 1 is 1.00 bits per heavy atom. The second kappa shape index (κ2) is 15.6. The fourth-order valence-electron chi connectivity index (χ4n) is 4.83. The molecule has 0 fully saturated rings. The Bertz CT molecular complexity index is 1370. The van der Waals surface area contributed by atoms with E-state index in [1.807, 2.05) is 66.7 Å². The molecule has 4 amide bonds. The molecule has 0 aliphatic rings. The molecule has 3 rings (SSSR count). The SMILES string of the molecule is CCOCc1nc2c(N)nc3cc(OCCCCCCNC(=O)NC(C)C)ccc3c2n1CC(C)(C)NC(=O)NC(C)C. The lowest BCUT2D eigenvalue weighted by molar-refractivity contribution is 0.124. The number of unbranched alkanes of at least 4 members (excludes halogenated alkanes) is 3. The number of nitrogens with zero attached hydrogens (tertiary/aromatic N) is 3. The number of carbonyl (C=O) groups excluding carboxylic acids is 2. The summed E-state index contributed by atoms with van der Waals surface area (Å²) in [6.07, 6.45) is 3.85. The van der Waals surface area contributed by atoms with Crippen molar-refractivity contribution in [3.8, 4) is 5.75 Å². The van der Waals surface area contributed by atoms with Gasteiger partial charge in [-0.1, -0.05) is 12.8 Å². The second-order valence-corrected chi connectivity index (χ2v) is 12.1. The van der Waals surface area contributed by atoms with Crippen molar-refractivity contribution in [2.45, 2.75) is 105 Å². The first-order valence-corrected chi connectivity index (χ1v) is 15.3. The zero-order valence-electron chi connectivity index (χ0n) is 26.8. The molecular formula is C31H50N8O4. The summed E-state index contributed by atoms with van der Waals surface area (Å²) in [7, 11) is 0. The number of hydrogen-bond acceptors (Lipinski definition) is 7. The highest BCUT2D eigenvalue weighted by atomic mass is 16.5. The van der Waals surface area contributed by atoms with Crippen molar-refractivity contribution in [3.63, 3.8) is 0 Å². The van der Waals surface area contributed by atoms with Crippen LogP contribution in [0.15, 0.2) is 18.2 Å². The number of rotatable bonds is 16. The molecule has 1 aromatic carbocycles. The quantitative estimate of drug-likeness (QED) is 0.148. The highest BCUT2D eigenvalue weighted by molar-refractivity contribution is 6.07. The fourth-order valence-corrected chi connectivity index (χ4v) is 4.83. The molecule has 238 valence electrons. The predicted molar refractivity (Wildman–Crippen MR) is 171 cm³/mol. The van der Waals surface area contributed by atoms with Crippen molar-refractivity contribution in [2.75, 3.05) is 25.5 Å². The van der Waals surface area contributed by atoms with Gasteiger partial charge in [0.25, 0.3) is 0 Å². The van der Waals surface area contributed by atoms with Gasteiger partial charge in [0.1, 0.15) is 23.7 Å². The van der Waals surface area contributed by atoms with E-state index in [1.165, 1.54) is 0 Å². The van der Waals surface area contributed by atoms with E-state index in [0.29, 0.717) is 55.6 Å². The predicted octanol–water partition coefficient (Wildman–Crippen LogP) is 4.84. The maximum atomic E-state index is 12.5. The number of anilines is 1. The maximum absolute atomic E-state index is 12.5. The number of nitrogens with one attached hydrogen (secondary N) is 4. The smallest absolute Gasteiger partial charge is 0.315 e. The molecule has 2 heterocycles. The summed E-state index contributed by atoms with van der Waals surface area (Å²) in [5.41, 5.74) is 7.99. The van der Waals surface area contributed by atoms with Crippen LogP contribution in [0.3, 0.4) is 0 Å². The van der Waals surface area contributed by atoms with E-state index >= 15 is 0 Å². The van der Waals surface area contributed by atoms with E-state index in [1.54, 1.807) is 0 Å². The molecule has 0 unspecified atom stereocenters. The van der Waals surface area contributed by atoms with Crippen LogP contribution in [0.5, 0.6) is 5.75 Å². The van der Waals surface area contributed by atoms with Crippen molar-refractivity contribution in [2.24, 2.45) is 0 Å². The molecule has 0 aliphatic heterocycles. The van der Waals surface area contributed by atoms with E-state index in [-0.39, 0.29) is 24.1 Å². The number of nitrogen functional groups attached to an aromatic ring is 1. The van der Waals surface area contributed by atoms with Gasteiger partial charge in [-0.25, -0.2) is 19.6 Å². The number of ether oxygens (including phenoxy) is 2. The van der Waals surface area contributed by atoms with Gasteiger partial charge in [0.2, 0.25) is 0 Å². The lowest BCUT2D eigenvalue weighted by atomic mass is 10.1. The monoisotopic (exact) mass is 598 g/mol. The molecule has 43 heavy (non-hydrogen) atoms. The molecule has 0 saturated carbocycles. The number of benzene rings is 1. The van der Waals surface area contributed by atoms with E-state index in [4.69, 9.17) is 20.2 Å². The molecule has 12 nitrogen and oxygen atoms in total. The van der Waals surface area contributed by atoms with Gasteiger partial charge in [0, 0.05) is 43.2 Å². The summed E-state index contributed by atoms with van der Waals surface area (Å²) >= 11 is 0. The molecule has 6 N–H and O–H groups in total. The van der Waals surface area contributed by atoms with E-state index in [2.05, 4.69) is 30.8 Å². The highest BCUT2D eigenvalue weighted by Gasteiger charge is 2.26. The zero-order chi connectivity index (χ0) is 31.6. The summed E-state index contributed by atoms with van der Waals surface area (Å²) in [5, 5.41) is 12.6. The molecule has 0 bridgehead atoms. The Balaban J connectivity index is 1.72. The summed E-state index contributed by atoms with van der Waals surface area (Å²) in [6, 6.07) is 5.64. The Hall–Kier alpha value is -3.80. The number of fused-ring (bicyclic) bond motifs is 3. The number of carbonyl (C=O) groups is 2. The molecule has 0 aliphatic carbocycles. The summed E-state index contributed by atoms with van der Waals surface area (Å²) in [5.74, 6) is 1.77. The number of amides is 4. The van der Waals surface area contributed by atoms with E-state index in [9.17, 15) is 9.59 Å². The van der Waals surface area contributed by atoms with Crippen LogP contribution in [0, 0.1) is 0 Å². The fraction of sp³-hybridized carbons (Fsp3) is 0.613. The molecule has 0 spiro atoms. The van der Waals surface area contributed by atoms with Gasteiger partial charge >= 0.3 is 12.1 Å². The van der Waals surface area contributed by atoms with Crippen molar-refractivity contribution in [1.82, 2.24) is 35.8 Å². The number of pyridine rings is 1. The van der Waals surface area contributed by atoms with Crippen LogP contribution in [0.4, 0.5) is 15.4 Å². The topological polar surface area (TPSA) is 157 Å². The summed E-state index contributed by atoms with van der Waals surface area (Å²) in [4.78, 5) is 33.6. The number of aromatic nitrogens is 3. The van der Waals surface area contributed by atoms with Crippen LogP contribution in [0.25, 0.3) is 21.9 Å². The van der Waals surface area contributed by atoms with E-state index in [0.717, 1.165) is 42.3 Å². The molecule has 2 aromatic heterocycles. The summed E-state index contributed by atoms with van der Waals surface area (Å²) < 4.78 is 13.8. The maximum Gasteiger partial charge on any atom is 0.315 e. The van der Waals surface area contributed by atoms with Gasteiger partial charge in [-0.3, -0.25) is 0 Å². The third-order valence-corrected chi connectivity index (χ3v) is 6.66. The second-order valence-electron chi connectivity index (χ2n) is 12.1. The van der Waals surface area contributed by atoms with Gasteiger partial charge in [0.05, 0.1) is 23.2 Å². The van der Waals surface area contributed by atoms with Gasteiger partial charge in [-0.05, 0) is 73.4 Å². The number of hydrogen-bond donors (Lipinski definition) is 5. The van der Waals surface area contributed by atoms with E-state index < -0.39 is 5.54 Å². The van der Waals surface area contributed by atoms with Gasteiger partial charge in [-0.15, -0.1) is 0 Å². The largest absolute Gasteiger partial charge is 0.494 e. The lowest BCUT2D eigenvalue weighted by Gasteiger charge is -2.28. The minimum Gasteiger partial charge on any atom is -0.494 e. The van der Waals surface area contributed by atoms with Crippen LogP contribution in [-0.2, 0) is 17.9 Å². The van der Waals surface area contributed by atoms with Crippen LogP contribution < -0.4 is 31.7 Å². The Labute approximate surface area is 254 Å². The Kier molecular flexibility index (Phi) is 12.2. The van der Waals surface area contributed by atoms with Crippen molar-refractivity contribution >= 4 is 39.8 Å². The van der Waals surface area contributed by atoms with Crippen molar-refractivity contribution in [3.05, 3.63) is 24.0 Å².